The number of aliphatic hydroxyl groups is 1. The van der Waals surface area contributed by atoms with Gasteiger partial charge < -0.3 is 15.3 Å². The van der Waals surface area contributed by atoms with Crippen molar-refractivity contribution in [2.24, 2.45) is 0 Å². The average Bonchev–Trinajstić information content (AvgIpc) is 2.35. The Morgan fingerprint density at radius 3 is 2.58 bits per heavy atom. The first-order valence-electron chi connectivity index (χ1n) is 6.61. The van der Waals surface area contributed by atoms with E-state index in [4.69, 9.17) is 5.11 Å². The molecule has 0 atom stereocenters. The van der Waals surface area contributed by atoms with Crippen molar-refractivity contribution in [3.05, 3.63) is 35.9 Å². The standard InChI is InChI=1S/C15H20N2O2/c1-17(9-10-18)14-7-5-13(6-8-14)16-15(19)11-12-3-2-4-12/h5-8,11,18H,2-4,9-10H2,1H3,(H,16,19). The number of rotatable bonds is 5. The SMILES string of the molecule is CN(CCO)c1ccc(NC(=O)C=C2CCC2)cc1. The van der Waals surface area contributed by atoms with E-state index in [9.17, 15) is 4.79 Å². The van der Waals surface area contributed by atoms with Crippen LogP contribution in [0.1, 0.15) is 19.3 Å². The third kappa shape index (κ3) is 3.83. The van der Waals surface area contributed by atoms with Crippen LogP contribution < -0.4 is 10.2 Å². The minimum Gasteiger partial charge on any atom is -0.395 e. The minimum atomic E-state index is -0.0498. The highest BCUT2D eigenvalue weighted by atomic mass is 16.3. The Morgan fingerprint density at radius 1 is 1.37 bits per heavy atom. The molecule has 1 amide bonds. The molecule has 4 nitrogen and oxygen atoms in total. The van der Waals surface area contributed by atoms with Crippen LogP contribution in [-0.4, -0.2) is 31.2 Å². The number of benzene rings is 1. The second kappa shape index (κ2) is 6.38. The van der Waals surface area contributed by atoms with Gasteiger partial charge in [0.05, 0.1) is 6.61 Å². The van der Waals surface area contributed by atoms with Gasteiger partial charge in [-0.15, -0.1) is 0 Å². The lowest BCUT2D eigenvalue weighted by Crippen LogP contribution is -2.21. The van der Waals surface area contributed by atoms with Crippen molar-refractivity contribution in [3.63, 3.8) is 0 Å². The number of nitrogens with zero attached hydrogens (tertiary/aromatic N) is 1. The van der Waals surface area contributed by atoms with E-state index in [-0.39, 0.29) is 12.5 Å². The summed E-state index contributed by atoms with van der Waals surface area (Å²) in [5.41, 5.74) is 3.04. The lowest BCUT2D eigenvalue weighted by atomic mass is 9.92. The number of carbonyl (C=O) groups excluding carboxylic acids is 1. The number of hydrogen-bond acceptors (Lipinski definition) is 3. The summed E-state index contributed by atoms with van der Waals surface area (Å²) in [7, 11) is 1.92. The molecule has 0 saturated heterocycles. The molecule has 19 heavy (non-hydrogen) atoms. The summed E-state index contributed by atoms with van der Waals surface area (Å²) in [4.78, 5) is 13.7. The summed E-state index contributed by atoms with van der Waals surface area (Å²) >= 11 is 0. The molecule has 1 saturated carbocycles. The van der Waals surface area contributed by atoms with Gasteiger partial charge in [-0.05, 0) is 43.5 Å². The molecule has 1 aromatic rings. The lowest BCUT2D eigenvalue weighted by molar-refractivity contribution is -0.112. The molecule has 0 heterocycles. The van der Waals surface area contributed by atoms with Crippen molar-refractivity contribution in [1.82, 2.24) is 0 Å². The molecule has 1 fully saturated rings. The van der Waals surface area contributed by atoms with Gasteiger partial charge in [0.15, 0.2) is 0 Å². The second-order valence-electron chi connectivity index (χ2n) is 4.84. The maximum atomic E-state index is 11.7. The minimum absolute atomic E-state index is 0.0498. The molecule has 2 rings (SSSR count). The summed E-state index contributed by atoms with van der Waals surface area (Å²) in [5.74, 6) is -0.0498. The molecule has 0 unspecified atom stereocenters. The van der Waals surface area contributed by atoms with Gasteiger partial charge in [0, 0.05) is 31.0 Å². The van der Waals surface area contributed by atoms with Crippen LogP contribution in [0.25, 0.3) is 0 Å². The summed E-state index contributed by atoms with van der Waals surface area (Å²) in [6.07, 6.45) is 5.01. The van der Waals surface area contributed by atoms with Gasteiger partial charge in [0.1, 0.15) is 0 Å². The van der Waals surface area contributed by atoms with Crippen molar-refractivity contribution < 1.29 is 9.90 Å². The molecule has 4 heteroatoms. The lowest BCUT2D eigenvalue weighted by Gasteiger charge is -2.18. The van der Waals surface area contributed by atoms with E-state index in [1.165, 1.54) is 12.0 Å². The average molecular weight is 260 g/mol. The highest BCUT2D eigenvalue weighted by Gasteiger charge is 2.10. The van der Waals surface area contributed by atoms with Gasteiger partial charge in [-0.1, -0.05) is 5.57 Å². The van der Waals surface area contributed by atoms with Crippen LogP contribution in [0.4, 0.5) is 11.4 Å². The summed E-state index contributed by atoms with van der Waals surface area (Å²) in [6, 6.07) is 7.62. The van der Waals surface area contributed by atoms with Gasteiger partial charge in [0.25, 0.3) is 0 Å². The van der Waals surface area contributed by atoms with Gasteiger partial charge in [-0.2, -0.15) is 0 Å². The van der Waals surface area contributed by atoms with Crippen molar-refractivity contribution in [3.8, 4) is 0 Å². The van der Waals surface area contributed by atoms with Crippen molar-refractivity contribution in [2.75, 3.05) is 30.4 Å². The Morgan fingerprint density at radius 2 is 2.05 bits per heavy atom. The first-order chi connectivity index (χ1) is 9.19. The third-order valence-corrected chi connectivity index (χ3v) is 3.34. The predicted molar refractivity (Wildman–Crippen MR) is 77.4 cm³/mol. The number of anilines is 2. The zero-order valence-corrected chi connectivity index (χ0v) is 11.2. The first kappa shape index (κ1) is 13.6. The number of amides is 1. The van der Waals surface area contributed by atoms with E-state index in [2.05, 4.69) is 5.32 Å². The molecule has 2 N–H and O–H groups in total. The van der Waals surface area contributed by atoms with Crippen LogP contribution >= 0.6 is 0 Å². The number of nitrogens with one attached hydrogen (secondary N) is 1. The number of aliphatic hydroxyl groups excluding tert-OH is 1. The van der Waals surface area contributed by atoms with Crippen LogP contribution in [0.15, 0.2) is 35.9 Å². The zero-order chi connectivity index (χ0) is 13.7. The maximum Gasteiger partial charge on any atom is 0.248 e. The predicted octanol–water partition coefficient (Wildman–Crippen LogP) is 2.16. The van der Waals surface area contributed by atoms with E-state index < -0.39 is 0 Å². The molecule has 0 aliphatic heterocycles. The van der Waals surface area contributed by atoms with Gasteiger partial charge in [-0.25, -0.2) is 0 Å². The second-order valence-corrected chi connectivity index (χ2v) is 4.84. The van der Waals surface area contributed by atoms with Gasteiger partial charge >= 0.3 is 0 Å². The number of likely N-dealkylation sites (N-methyl/N-ethyl adjacent to an activating group) is 1. The number of hydrogen-bond donors (Lipinski definition) is 2. The first-order valence-corrected chi connectivity index (χ1v) is 6.61. The number of allylic oxidation sites excluding steroid dienone is 1. The summed E-state index contributed by atoms with van der Waals surface area (Å²) in [5, 5.41) is 11.7. The Balaban J connectivity index is 1.92. The highest BCUT2D eigenvalue weighted by molar-refractivity contribution is 5.99. The molecule has 0 aromatic heterocycles. The Labute approximate surface area is 113 Å². The molecular weight excluding hydrogens is 240 g/mol. The van der Waals surface area contributed by atoms with Gasteiger partial charge in [0.2, 0.25) is 5.91 Å². The van der Waals surface area contributed by atoms with E-state index in [0.717, 1.165) is 24.2 Å². The van der Waals surface area contributed by atoms with Crippen LogP contribution in [-0.2, 0) is 4.79 Å². The fourth-order valence-electron chi connectivity index (χ4n) is 1.97. The van der Waals surface area contributed by atoms with Crippen molar-refractivity contribution in [1.29, 1.82) is 0 Å². The molecule has 0 radical (unpaired) electrons. The largest absolute Gasteiger partial charge is 0.395 e. The molecule has 102 valence electrons. The quantitative estimate of drug-likeness (QED) is 0.798. The topological polar surface area (TPSA) is 52.6 Å². The summed E-state index contributed by atoms with van der Waals surface area (Å²) < 4.78 is 0. The van der Waals surface area contributed by atoms with Crippen LogP contribution in [0.2, 0.25) is 0 Å². The van der Waals surface area contributed by atoms with E-state index in [1.807, 2.05) is 36.2 Å². The summed E-state index contributed by atoms with van der Waals surface area (Å²) in [6.45, 7) is 0.723. The highest BCUT2D eigenvalue weighted by Crippen LogP contribution is 2.25. The zero-order valence-electron chi connectivity index (χ0n) is 11.2. The molecule has 1 aromatic carbocycles. The molecule has 0 spiro atoms. The molecule has 0 bridgehead atoms. The van der Waals surface area contributed by atoms with Crippen molar-refractivity contribution in [2.45, 2.75) is 19.3 Å². The Kier molecular flexibility index (Phi) is 4.58. The van der Waals surface area contributed by atoms with Gasteiger partial charge in [-0.3, -0.25) is 4.79 Å². The van der Waals surface area contributed by atoms with Crippen LogP contribution in [0.5, 0.6) is 0 Å². The van der Waals surface area contributed by atoms with Crippen LogP contribution in [0.3, 0.4) is 0 Å². The van der Waals surface area contributed by atoms with E-state index >= 15 is 0 Å². The van der Waals surface area contributed by atoms with E-state index in [0.29, 0.717) is 6.54 Å². The number of carbonyl (C=O) groups is 1. The van der Waals surface area contributed by atoms with Crippen LogP contribution in [0, 0.1) is 0 Å². The normalized spacial score (nSPS) is 13.7. The Hall–Kier alpha value is -1.81. The molecular formula is C15H20N2O2. The fourth-order valence-corrected chi connectivity index (χ4v) is 1.97. The Bertz CT molecular complexity index is 460. The van der Waals surface area contributed by atoms with Crippen molar-refractivity contribution >= 4 is 17.3 Å². The smallest absolute Gasteiger partial charge is 0.248 e. The fraction of sp³-hybridized carbons (Fsp3) is 0.400. The van der Waals surface area contributed by atoms with E-state index in [1.54, 1.807) is 6.08 Å². The third-order valence-electron chi connectivity index (χ3n) is 3.34. The molecule has 1 aliphatic carbocycles. The molecule has 1 aliphatic rings. The maximum absolute atomic E-state index is 11.7. The monoisotopic (exact) mass is 260 g/mol.